The number of aromatic amines is 1. The molecule has 3 aromatic carbocycles. The number of fused-ring (bicyclic) bond motifs is 1. The van der Waals surface area contributed by atoms with Crippen LogP contribution < -0.4 is 5.73 Å². The van der Waals surface area contributed by atoms with Crippen molar-refractivity contribution in [3.63, 3.8) is 0 Å². The van der Waals surface area contributed by atoms with E-state index in [2.05, 4.69) is 14.4 Å². The smallest absolute Gasteiger partial charge is 0.284 e. The monoisotopic (exact) mass is 524 g/mol. The SMILES string of the molecule is CC(=O)C(N)=NS(=O)(=O)c1cccc(C(=O)C(=C(O)c2cc(F)cc(F)c2)c2nc3ccccc3[nH]2)c1. The number of hydrogen-bond donors (Lipinski definition) is 3. The molecule has 188 valence electrons. The lowest BCUT2D eigenvalue weighted by molar-refractivity contribution is -0.111. The molecule has 0 fully saturated rings. The van der Waals surface area contributed by atoms with Crippen molar-refractivity contribution in [3.05, 3.63) is 95.3 Å². The fourth-order valence-corrected chi connectivity index (χ4v) is 4.44. The maximum Gasteiger partial charge on any atom is 0.284 e. The second kappa shape index (κ2) is 9.74. The first kappa shape index (κ1) is 25.4. The number of nitrogens with two attached hydrogens (primary N) is 1. The number of halogens is 2. The highest BCUT2D eigenvalue weighted by atomic mass is 32.2. The number of nitrogens with one attached hydrogen (secondary N) is 1. The fourth-order valence-electron chi connectivity index (χ4n) is 3.42. The summed E-state index contributed by atoms with van der Waals surface area (Å²) in [6, 6.07) is 13.6. The van der Waals surface area contributed by atoms with Gasteiger partial charge in [-0.25, -0.2) is 13.8 Å². The van der Waals surface area contributed by atoms with Gasteiger partial charge in [0.2, 0.25) is 5.78 Å². The lowest BCUT2D eigenvalue weighted by Gasteiger charge is -2.10. The molecule has 0 saturated heterocycles. The van der Waals surface area contributed by atoms with Gasteiger partial charge in [0.25, 0.3) is 10.0 Å². The second-order valence-electron chi connectivity index (χ2n) is 7.85. The first-order chi connectivity index (χ1) is 17.5. The van der Waals surface area contributed by atoms with Crippen molar-refractivity contribution in [1.29, 1.82) is 0 Å². The fraction of sp³-hybridized carbons (Fsp3) is 0.0400. The van der Waals surface area contributed by atoms with Crippen molar-refractivity contribution < 1.29 is 31.9 Å². The van der Waals surface area contributed by atoms with Gasteiger partial charge in [-0.3, -0.25) is 9.59 Å². The summed E-state index contributed by atoms with van der Waals surface area (Å²) in [6.45, 7) is 1.04. The topological polar surface area (TPSA) is 156 Å². The lowest BCUT2D eigenvalue weighted by Crippen LogP contribution is -2.22. The van der Waals surface area contributed by atoms with E-state index >= 15 is 0 Å². The molecule has 1 aromatic heterocycles. The van der Waals surface area contributed by atoms with E-state index in [-0.39, 0.29) is 17.0 Å². The summed E-state index contributed by atoms with van der Waals surface area (Å²) >= 11 is 0. The van der Waals surface area contributed by atoms with Crippen molar-refractivity contribution in [2.45, 2.75) is 11.8 Å². The molecule has 0 bridgehead atoms. The molecule has 0 spiro atoms. The molecule has 4 aromatic rings. The van der Waals surface area contributed by atoms with Gasteiger partial charge in [0.15, 0.2) is 11.6 Å². The van der Waals surface area contributed by atoms with Crippen LogP contribution in [0.2, 0.25) is 0 Å². The molecule has 0 atom stereocenters. The quantitative estimate of drug-likeness (QED) is 0.109. The zero-order valence-electron chi connectivity index (χ0n) is 19.1. The van der Waals surface area contributed by atoms with Crippen LogP contribution >= 0.6 is 0 Å². The average Bonchev–Trinajstić information content (AvgIpc) is 3.26. The maximum atomic E-state index is 13.9. The number of para-hydroxylation sites is 2. The standard InChI is InChI=1S/C25H18F2N4O5S/c1-13(32)24(28)31-37(35,36)18-6-4-5-14(11-18)22(33)21(23(34)15-9-16(26)12-17(27)10-15)25-29-19-7-2-3-8-20(19)30-25/h2-12,34H,1H3,(H2,28,31)(H,29,30). The van der Waals surface area contributed by atoms with Gasteiger partial charge >= 0.3 is 0 Å². The molecule has 0 amide bonds. The van der Waals surface area contributed by atoms with Gasteiger partial charge in [0, 0.05) is 24.1 Å². The molecule has 0 unspecified atom stereocenters. The van der Waals surface area contributed by atoms with Crippen LogP contribution in [0.25, 0.3) is 22.4 Å². The van der Waals surface area contributed by atoms with Gasteiger partial charge < -0.3 is 15.8 Å². The molecular weight excluding hydrogens is 506 g/mol. The summed E-state index contributed by atoms with van der Waals surface area (Å²) in [6.07, 6.45) is 0. The molecule has 4 N–H and O–H groups in total. The number of ketones is 2. The molecule has 0 aliphatic heterocycles. The number of sulfonamides is 1. The number of Topliss-reactive ketones (excluding diaryl/α,β-unsaturated/α-hetero) is 2. The number of aliphatic hydroxyl groups excluding tert-OH is 1. The van der Waals surface area contributed by atoms with E-state index in [1.54, 1.807) is 24.3 Å². The summed E-state index contributed by atoms with van der Waals surface area (Å²) in [7, 11) is -4.47. The van der Waals surface area contributed by atoms with Gasteiger partial charge in [-0.15, -0.1) is 4.40 Å². The van der Waals surface area contributed by atoms with E-state index in [0.29, 0.717) is 17.1 Å². The Hall–Kier alpha value is -4.71. The zero-order valence-corrected chi connectivity index (χ0v) is 19.9. The Bertz CT molecular complexity index is 1690. The second-order valence-corrected chi connectivity index (χ2v) is 9.45. The van der Waals surface area contributed by atoms with Gasteiger partial charge in [-0.2, -0.15) is 8.42 Å². The van der Waals surface area contributed by atoms with E-state index in [4.69, 9.17) is 5.73 Å². The van der Waals surface area contributed by atoms with Crippen LogP contribution in [0.1, 0.15) is 28.7 Å². The van der Waals surface area contributed by atoms with Crippen LogP contribution in [0, 0.1) is 11.6 Å². The van der Waals surface area contributed by atoms with Crippen molar-refractivity contribution in [2.75, 3.05) is 0 Å². The van der Waals surface area contributed by atoms with Crippen LogP contribution in [-0.2, 0) is 14.8 Å². The van der Waals surface area contributed by atoms with Crippen molar-refractivity contribution in [1.82, 2.24) is 9.97 Å². The summed E-state index contributed by atoms with van der Waals surface area (Å²) < 4.78 is 56.3. The van der Waals surface area contributed by atoms with Gasteiger partial charge in [0.1, 0.15) is 28.8 Å². The Morgan fingerprint density at radius 1 is 0.973 bits per heavy atom. The highest BCUT2D eigenvalue weighted by Gasteiger charge is 2.26. The number of amidine groups is 1. The van der Waals surface area contributed by atoms with Crippen LogP contribution in [0.15, 0.2) is 76.0 Å². The van der Waals surface area contributed by atoms with E-state index < -0.39 is 55.3 Å². The molecule has 0 saturated carbocycles. The first-order valence-electron chi connectivity index (χ1n) is 10.6. The van der Waals surface area contributed by atoms with Crippen LogP contribution in [-0.4, -0.2) is 40.9 Å². The highest BCUT2D eigenvalue weighted by molar-refractivity contribution is 7.90. The normalized spacial score (nSPS) is 12.9. The summed E-state index contributed by atoms with van der Waals surface area (Å²) in [5.41, 5.74) is 5.27. The summed E-state index contributed by atoms with van der Waals surface area (Å²) in [5, 5.41) is 11.0. The van der Waals surface area contributed by atoms with E-state index in [1.807, 2.05) is 0 Å². The van der Waals surface area contributed by atoms with E-state index in [9.17, 15) is 31.9 Å². The minimum Gasteiger partial charge on any atom is -0.506 e. The first-order valence-corrected chi connectivity index (χ1v) is 12.0. The molecular formula is C25H18F2N4O5S. The average molecular weight is 525 g/mol. The summed E-state index contributed by atoms with van der Waals surface area (Å²) in [5.74, 6) is -5.33. The molecule has 37 heavy (non-hydrogen) atoms. The molecule has 12 heteroatoms. The predicted octanol–water partition coefficient (Wildman–Crippen LogP) is 3.79. The molecule has 0 radical (unpaired) electrons. The third-order valence-electron chi connectivity index (χ3n) is 5.20. The Morgan fingerprint density at radius 3 is 2.30 bits per heavy atom. The summed E-state index contributed by atoms with van der Waals surface area (Å²) in [4.78, 5) is 31.7. The Labute approximate surface area is 209 Å². The number of H-pyrrole nitrogens is 1. The largest absolute Gasteiger partial charge is 0.506 e. The molecule has 9 nitrogen and oxygen atoms in total. The minimum absolute atomic E-state index is 0.125. The number of hydrogen-bond acceptors (Lipinski definition) is 6. The molecule has 0 aliphatic carbocycles. The van der Waals surface area contributed by atoms with Gasteiger partial charge in [0.05, 0.1) is 15.9 Å². The number of allylic oxidation sites excluding steroid dienone is 1. The number of nitrogens with zero attached hydrogens (tertiary/aromatic N) is 2. The Morgan fingerprint density at radius 2 is 1.65 bits per heavy atom. The molecule has 0 aliphatic rings. The molecule has 4 rings (SSSR count). The van der Waals surface area contributed by atoms with Gasteiger partial charge in [-0.05, 0) is 36.4 Å². The number of aromatic nitrogens is 2. The Kier molecular flexibility index (Phi) is 6.68. The number of rotatable bonds is 7. The minimum atomic E-state index is -4.47. The van der Waals surface area contributed by atoms with Gasteiger partial charge in [-0.1, -0.05) is 24.3 Å². The Balaban J connectivity index is 1.91. The van der Waals surface area contributed by atoms with Crippen molar-refractivity contribution in [3.8, 4) is 0 Å². The van der Waals surface area contributed by atoms with Crippen molar-refractivity contribution in [2.24, 2.45) is 10.1 Å². The van der Waals surface area contributed by atoms with E-state index in [1.165, 1.54) is 12.1 Å². The number of aliphatic hydroxyl groups is 1. The number of carbonyl (C=O) groups excluding carboxylic acids is 2. The third kappa shape index (κ3) is 5.28. The van der Waals surface area contributed by atoms with Crippen LogP contribution in [0.3, 0.4) is 0 Å². The molecule has 1 heterocycles. The van der Waals surface area contributed by atoms with E-state index in [0.717, 1.165) is 31.2 Å². The third-order valence-corrected chi connectivity index (χ3v) is 6.49. The highest BCUT2D eigenvalue weighted by Crippen LogP contribution is 2.29. The number of imidazole rings is 1. The maximum absolute atomic E-state index is 13.9. The van der Waals surface area contributed by atoms with Crippen LogP contribution in [0.5, 0.6) is 0 Å². The number of benzene rings is 3. The number of carbonyl (C=O) groups is 2. The van der Waals surface area contributed by atoms with Crippen LogP contribution in [0.4, 0.5) is 8.78 Å². The lowest BCUT2D eigenvalue weighted by atomic mass is 9.98. The predicted molar refractivity (Wildman–Crippen MR) is 132 cm³/mol. The van der Waals surface area contributed by atoms with Crippen molar-refractivity contribution >= 4 is 49.8 Å². The zero-order chi connectivity index (χ0) is 26.9.